The lowest BCUT2D eigenvalue weighted by atomic mass is 10.3. The topological polar surface area (TPSA) is 63.3 Å². The molecule has 0 aliphatic rings. The molecule has 0 atom stereocenters. The molecule has 0 aliphatic heterocycles. The highest BCUT2D eigenvalue weighted by Gasteiger charge is 2.08. The van der Waals surface area contributed by atoms with Gasteiger partial charge < -0.3 is 10.8 Å². The van der Waals surface area contributed by atoms with Gasteiger partial charge in [-0.15, -0.1) is 11.8 Å². The van der Waals surface area contributed by atoms with Crippen LogP contribution in [0.4, 0.5) is 10.1 Å². The number of thioether (sulfide) groups is 1. The molecule has 0 bridgehead atoms. The van der Waals surface area contributed by atoms with E-state index in [9.17, 15) is 9.18 Å². The number of anilines is 1. The molecule has 0 amide bonds. The van der Waals surface area contributed by atoms with E-state index in [4.69, 9.17) is 22.4 Å². The molecule has 3 N–H and O–H groups in total. The minimum absolute atomic E-state index is 0.0395. The number of halogens is 2. The van der Waals surface area contributed by atoms with Gasteiger partial charge in [0.2, 0.25) is 0 Å². The SMILES string of the molecule is Nc1cc(SCC(=O)O)c(Cl)cc1F. The number of carboxylic acid groups (broad SMARTS) is 1. The van der Waals surface area contributed by atoms with Gasteiger partial charge in [-0.05, 0) is 12.1 Å². The van der Waals surface area contributed by atoms with Crippen molar-refractivity contribution in [1.29, 1.82) is 0 Å². The van der Waals surface area contributed by atoms with Gasteiger partial charge in [0.15, 0.2) is 0 Å². The van der Waals surface area contributed by atoms with Crippen LogP contribution in [0.25, 0.3) is 0 Å². The summed E-state index contributed by atoms with van der Waals surface area (Å²) in [6, 6.07) is 2.40. The van der Waals surface area contributed by atoms with Crippen molar-refractivity contribution in [3.8, 4) is 0 Å². The van der Waals surface area contributed by atoms with Crippen LogP contribution in [0, 0.1) is 5.82 Å². The third-order valence-corrected chi connectivity index (χ3v) is 2.87. The molecule has 0 radical (unpaired) electrons. The van der Waals surface area contributed by atoms with Gasteiger partial charge >= 0.3 is 5.97 Å². The third-order valence-electron chi connectivity index (χ3n) is 1.40. The molecule has 3 nitrogen and oxygen atoms in total. The van der Waals surface area contributed by atoms with Gasteiger partial charge in [-0.25, -0.2) is 4.39 Å². The van der Waals surface area contributed by atoms with E-state index in [1.165, 1.54) is 6.07 Å². The fraction of sp³-hybridized carbons (Fsp3) is 0.125. The molecule has 14 heavy (non-hydrogen) atoms. The Morgan fingerprint density at radius 1 is 1.64 bits per heavy atom. The van der Waals surface area contributed by atoms with Crippen LogP contribution in [0.2, 0.25) is 5.02 Å². The maximum atomic E-state index is 12.8. The molecule has 0 saturated carbocycles. The van der Waals surface area contributed by atoms with E-state index in [1.807, 2.05) is 0 Å². The second-order valence-corrected chi connectivity index (χ2v) is 3.91. The molecule has 0 heterocycles. The zero-order valence-electron chi connectivity index (χ0n) is 6.96. The van der Waals surface area contributed by atoms with Crippen molar-refractivity contribution in [1.82, 2.24) is 0 Å². The molecule has 0 aliphatic carbocycles. The van der Waals surface area contributed by atoms with Crippen LogP contribution in [0.5, 0.6) is 0 Å². The van der Waals surface area contributed by atoms with E-state index in [0.29, 0.717) is 4.90 Å². The number of benzene rings is 1. The van der Waals surface area contributed by atoms with Gasteiger partial charge in [0, 0.05) is 4.90 Å². The molecule has 0 saturated heterocycles. The lowest BCUT2D eigenvalue weighted by molar-refractivity contribution is -0.133. The molecule has 0 fully saturated rings. The summed E-state index contributed by atoms with van der Waals surface area (Å²) in [6.45, 7) is 0. The van der Waals surface area contributed by atoms with E-state index in [0.717, 1.165) is 17.8 Å². The van der Waals surface area contributed by atoms with Crippen LogP contribution in [-0.2, 0) is 4.79 Å². The predicted molar refractivity (Wildman–Crippen MR) is 54.2 cm³/mol. The van der Waals surface area contributed by atoms with E-state index in [2.05, 4.69) is 0 Å². The molecule has 1 aromatic carbocycles. The van der Waals surface area contributed by atoms with Gasteiger partial charge in [0.1, 0.15) is 5.82 Å². The van der Waals surface area contributed by atoms with Gasteiger partial charge in [-0.1, -0.05) is 11.6 Å². The van der Waals surface area contributed by atoms with Gasteiger partial charge in [-0.3, -0.25) is 4.79 Å². The summed E-state index contributed by atoms with van der Waals surface area (Å²) in [5.74, 6) is -1.70. The lowest BCUT2D eigenvalue weighted by Gasteiger charge is -2.04. The van der Waals surface area contributed by atoms with Crippen molar-refractivity contribution < 1.29 is 14.3 Å². The van der Waals surface area contributed by atoms with E-state index >= 15 is 0 Å². The number of hydrogen-bond donors (Lipinski definition) is 2. The number of rotatable bonds is 3. The lowest BCUT2D eigenvalue weighted by Crippen LogP contribution is -1.98. The minimum atomic E-state index is -0.964. The highest BCUT2D eigenvalue weighted by Crippen LogP contribution is 2.30. The Labute approximate surface area is 89.0 Å². The fourth-order valence-corrected chi connectivity index (χ4v) is 1.80. The van der Waals surface area contributed by atoms with Crippen molar-refractivity contribution in [3.63, 3.8) is 0 Å². The largest absolute Gasteiger partial charge is 0.481 e. The summed E-state index contributed by atoms with van der Waals surface area (Å²) in [5, 5.41) is 8.59. The first-order valence-corrected chi connectivity index (χ1v) is 4.96. The first-order chi connectivity index (χ1) is 6.50. The Bertz CT molecular complexity index is 373. The number of nitrogen functional groups attached to an aromatic ring is 1. The Morgan fingerprint density at radius 3 is 2.86 bits per heavy atom. The fourth-order valence-electron chi connectivity index (χ4n) is 0.795. The van der Waals surface area contributed by atoms with E-state index in [1.54, 1.807) is 0 Å². The van der Waals surface area contributed by atoms with Gasteiger partial charge in [0.05, 0.1) is 16.5 Å². The summed E-state index contributed by atoms with van der Waals surface area (Å²) in [5.41, 5.74) is 5.26. The zero-order valence-corrected chi connectivity index (χ0v) is 8.53. The van der Waals surface area contributed by atoms with Crippen molar-refractivity contribution in [2.45, 2.75) is 4.90 Å². The maximum Gasteiger partial charge on any atom is 0.313 e. The monoisotopic (exact) mass is 235 g/mol. The number of aliphatic carboxylic acids is 1. The Hall–Kier alpha value is -0.940. The van der Waals surface area contributed by atoms with Crippen LogP contribution >= 0.6 is 23.4 Å². The number of carboxylic acids is 1. The molecule has 1 rings (SSSR count). The Morgan fingerprint density at radius 2 is 2.29 bits per heavy atom. The summed E-state index contributed by atoms with van der Waals surface area (Å²) in [7, 11) is 0. The minimum Gasteiger partial charge on any atom is -0.481 e. The molecular weight excluding hydrogens is 229 g/mol. The number of hydrogen-bond acceptors (Lipinski definition) is 3. The second-order valence-electron chi connectivity index (χ2n) is 2.49. The van der Waals surface area contributed by atoms with Gasteiger partial charge in [0.25, 0.3) is 0 Å². The van der Waals surface area contributed by atoms with Crippen molar-refractivity contribution in [2.75, 3.05) is 11.5 Å². The number of carbonyl (C=O) groups is 1. The van der Waals surface area contributed by atoms with Crippen molar-refractivity contribution >= 4 is 35.0 Å². The molecule has 0 unspecified atom stereocenters. The summed E-state index contributed by atoms with van der Waals surface area (Å²) >= 11 is 6.68. The van der Waals surface area contributed by atoms with Crippen LogP contribution in [-0.4, -0.2) is 16.8 Å². The summed E-state index contributed by atoms with van der Waals surface area (Å²) in [6.07, 6.45) is 0. The summed E-state index contributed by atoms with van der Waals surface area (Å²) < 4.78 is 12.8. The third kappa shape index (κ3) is 2.78. The molecule has 1 aromatic rings. The molecule has 0 spiro atoms. The smallest absolute Gasteiger partial charge is 0.313 e. The summed E-state index contributed by atoms with van der Waals surface area (Å²) in [4.78, 5) is 10.7. The predicted octanol–water partition coefficient (Wildman–Crippen LogP) is 2.24. The molecule has 76 valence electrons. The quantitative estimate of drug-likeness (QED) is 0.623. The van der Waals surface area contributed by atoms with Crippen molar-refractivity contribution in [2.24, 2.45) is 0 Å². The Kier molecular flexibility index (Phi) is 3.60. The van der Waals surface area contributed by atoms with E-state index < -0.39 is 11.8 Å². The average molecular weight is 236 g/mol. The van der Waals surface area contributed by atoms with E-state index in [-0.39, 0.29) is 16.5 Å². The van der Waals surface area contributed by atoms with Crippen molar-refractivity contribution in [3.05, 3.63) is 23.0 Å². The Balaban J connectivity index is 2.87. The first-order valence-electron chi connectivity index (χ1n) is 3.60. The second kappa shape index (κ2) is 4.52. The highest BCUT2D eigenvalue weighted by atomic mass is 35.5. The van der Waals surface area contributed by atoms with Crippen LogP contribution in [0.3, 0.4) is 0 Å². The zero-order chi connectivity index (χ0) is 10.7. The first kappa shape index (κ1) is 11.1. The maximum absolute atomic E-state index is 12.8. The standard InChI is InChI=1S/C8H7ClFNO2S/c9-4-1-5(10)6(11)2-7(4)14-3-8(12)13/h1-2H,3,11H2,(H,12,13). The van der Waals surface area contributed by atoms with Crippen LogP contribution in [0.15, 0.2) is 17.0 Å². The highest BCUT2D eigenvalue weighted by molar-refractivity contribution is 8.00. The van der Waals surface area contributed by atoms with Crippen LogP contribution in [0.1, 0.15) is 0 Å². The van der Waals surface area contributed by atoms with Crippen LogP contribution < -0.4 is 5.73 Å². The molecule has 0 aromatic heterocycles. The average Bonchev–Trinajstić information content (AvgIpc) is 2.09. The molecule has 6 heteroatoms. The number of nitrogens with two attached hydrogens (primary N) is 1. The van der Waals surface area contributed by atoms with Gasteiger partial charge in [-0.2, -0.15) is 0 Å². The molecular formula is C8H7ClFNO2S. The normalized spacial score (nSPS) is 10.1.